The predicted molar refractivity (Wildman–Crippen MR) is 121 cm³/mol. The molecule has 1 aromatic rings. The summed E-state index contributed by atoms with van der Waals surface area (Å²) in [6.45, 7) is 3.34. The quantitative estimate of drug-likeness (QED) is 0.390. The first-order chi connectivity index (χ1) is 14.5. The largest absolute Gasteiger partial charge is 0.578 e. The van der Waals surface area contributed by atoms with Gasteiger partial charge in [-0.1, -0.05) is 19.3 Å². The molecule has 7 heteroatoms. The summed E-state index contributed by atoms with van der Waals surface area (Å²) in [5, 5.41) is 30.1. The van der Waals surface area contributed by atoms with Crippen molar-refractivity contribution in [1.82, 2.24) is 10.3 Å². The zero-order chi connectivity index (χ0) is 21.1. The van der Waals surface area contributed by atoms with Crippen LogP contribution in [0.3, 0.4) is 0 Å². The van der Waals surface area contributed by atoms with E-state index in [1.807, 2.05) is 0 Å². The molecule has 3 aliphatic rings. The van der Waals surface area contributed by atoms with Crippen molar-refractivity contribution < 1.29 is 10.2 Å². The van der Waals surface area contributed by atoms with Crippen LogP contribution in [0.5, 0.6) is 0 Å². The SMILES string of the molecule is CC(=N)N=C([OH2+])c1cc2c(nc1N1CCC(NC3CCCCC3)C(CO)C1)CCC2. The molecule has 0 amide bonds. The molecule has 1 aliphatic heterocycles. The number of amidine groups is 1. The van der Waals surface area contributed by atoms with Gasteiger partial charge >= 0.3 is 5.90 Å². The lowest BCUT2D eigenvalue weighted by Crippen LogP contribution is -2.54. The smallest absolute Gasteiger partial charge is 0.369 e. The summed E-state index contributed by atoms with van der Waals surface area (Å²) >= 11 is 0. The number of anilines is 1. The minimum atomic E-state index is 0.114. The Morgan fingerprint density at radius 1 is 1.27 bits per heavy atom. The van der Waals surface area contributed by atoms with E-state index < -0.39 is 0 Å². The molecule has 7 nitrogen and oxygen atoms in total. The molecule has 0 radical (unpaired) electrons. The lowest BCUT2D eigenvalue weighted by atomic mass is 9.89. The summed E-state index contributed by atoms with van der Waals surface area (Å²) in [6.07, 6.45) is 10.5. The Hall–Kier alpha value is -1.99. The minimum absolute atomic E-state index is 0.114. The molecule has 5 N–H and O–H groups in total. The Morgan fingerprint density at radius 2 is 2.07 bits per heavy atom. The van der Waals surface area contributed by atoms with Crippen LogP contribution in [-0.4, -0.2) is 58.7 Å². The monoisotopic (exact) mass is 414 g/mol. The number of pyridine rings is 1. The van der Waals surface area contributed by atoms with Crippen LogP contribution in [0.15, 0.2) is 11.1 Å². The van der Waals surface area contributed by atoms with Crippen molar-refractivity contribution in [2.75, 3.05) is 24.6 Å². The number of aliphatic imine (C=N–C) groups is 1. The molecule has 30 heavy (non-hydrogen) atoms. The Balaban J connectivity index is 1.55. The van der Waals surface area contributed by atoms with Gasteiger partial charge in [0.2, 0.25) is 0 Å². The first-order valence-electron chi connectivity index (χ1n) is 11.6. The van der Waals surface area contributed by atoms with Gasteiger partial charge in [0.05, 0.1) is 0 Å². The Kier molecular flexibility index (Phi) is 6.68. The lowest BCUT2D eigenvalue weighted by molar-refractivity contribution is 0.159. The van der Waals surface area contributed by atoms with E-state index >= 15 is 0 Å². The minimum Gasteiger partial charge on any atom is -0.578 e. The van der Waals surface area contributed by atoms with E-state index in [2.05, 4.69) is 21.3 Å². The maximum absolute atomic E-state index is 10.1. The second-order valence-corrected chi connectivity index (χ2v) is 9.15. The number of nitrogens with zero attached hydrogens (tertiary/aromatic N) is 3. The number of rotatable bonds is 5. The molecular weight excluding hydrogens is 378 g/mol. The number of aliphatic hydroxyl groups is 1. The molecule has 2 atom stereocenters. The molecule has 2 aliphatic carbocycles. The van der Waals surface area contributed by atoms with Crippen molar-refractivity contribution in [3.63, 3.8) is 0 Å². The first kappa shape index (κ1) is 21.2. The van der Waals surface area contributed by atoms with Crippen molar-refractivity contribution in [3.8, 4) is 0 Å². The standard InChI is InChI=1S/C23H35N5O2/c1-15(24)25-23(30)19-12-16-6-5-9-20(16)27-22(19)28-11-10-21(17(13-28)14-29)26-18-7-3-2-4-8-18/h12,17-18,21,26,29H,2-11,13-14H2,1H3,(H2,24,25,30)/p+1. The van der Waals surface area contributed by atoms with Crippen LogP contribution in [0, 0.1) is 11.3 Å². The Morgan fingerprint density at radius 3 is 2.80 bits per heavy atom. The third-order valence-corrected chi connectivity index (χ3v) is 6.89. The number of hydrogen-bond acceptors (Lipinski definition) is 5. The number of hydrogen-bond donors (Lipinski definition) is 3. The van der Waals surface area contributed by atoms with E-state index in [4.69, 9.17) is 15.5 Å². The molecule has 0 spiro atoms. The second kappa shape index (κ2) is 9.43. The fourth-order valence-electron chi connectivity index (χ4n) is 5.31. The molecule has 164 valence electrons. The average Bonchev–Trinajstić information content (AvgIpc) is 3.21. The molecule has 2 fully saturated rings. The van der Waals surface area contributed by atoms with E-state index in [0.29, 0.717) is 12.1 Å². The third kappa shape index (κ3) is 4.67. The number of nitrogens with one attached hydrogen (secondary N) is 2. The summed E-state index contributed by atoms with van der Waals surface area (Å²) in [4.78, 5) is 11.3. The summed E-state index contributed by atoms with van der Waals surface area (Å²) in [6, 6.07) is 2.99. The zero-order valence-electron chi connectivity index (χ0n) is 18.1. The highest BCUT2D eigenvalue weighted by molar-refractivity contribution is 6.03. The normalized spacial score (nSPS) is 25.4. The van der Waals surface area contributed by atoms with Crippen LogP contribution in [0.4, 0.5) is 5.82 Å². The van der Waals surface area contributed by atoms with Crippen molar-refractivity contribution >= 4 is 17.6 Å². The Labute approximate surface area is 179 Å². The molecule has 2 unspecified atom stereocenters. The molecule has 1 saturated carbocycles. The van der Waals surface area contributed by atoms with Gasteiger partial charge in [-0.25, -0.2) is 4.98 Å². The van der Waals surface area contributed by atoms with Crippen molar-refractivity contribution in [1.29, 1.82) is 5.41 Å². The third-order valence-electron chi connectivity index (χ3n) is 6.89. The summed E-state index contributed by atoms with van der Waals surface area (Å²) in [7, 11) is 0. The van der Waals surface area contributed by atoms with Gasteiger partial charge in [0, 0.05) is 43.4 Å². The van der Waals surface area contributed by atoms with Crippen molar-refractivity contribution in [2.24, 2.45) is 10.9 Å². The van der Waals surface area contributed by atoms with Gasteiger partial charge in [0.1, 0.15) is 17.2 Å². The van der Waals surface area contributed by atoms with Gasteiger partial charge in [0.25, 0.3) is 0 Å². The maximum Gasteiger partial charge on any atom is 0.369 e. The molecular formula is C23H36N5O2+. The Bertz CT molecular complexity index is 803. The van der Waals surface area contributed by atoms with E-state index in [0.717, 1.165) is 55.8 Å². The van der Waals surface area contributed by atoms with E-state index in [9.17, 15) is 5.11 Å². The van der Waals surface area contributed by atoms with E-state index in [1.54, 1.807) is 6.92 Å². The number of aryl methyl sites for hydroxylation is 2. The van der Waals surface area contributed by atoms with Crippen LogP contribution in [0.2, 0.25) is 0 Å². The van der Waals surface area contributed by atoms with Crippen LogP contribution in [0.25, 0.3) is 0 Å². The topological polar surface area (TPSA) is 108 Å². The van der Waals surface area contributed by atoms with Gasteiger partial charge < -0.3 is 20.4 Å². The van der Waals surface area contributed by atoms with Crippen LogP contribution in [-0.2, 0) is 12.8 Å². The fraction of sp³-hybridized carbons (Fsp3) is 0.696. The number of aliphatic hydroxyl groups excluding tert-OH is 1. The van der Waals surface area contributed by atoms with E-state index in [-0.39, 0.29) is 24.3 Å². The van der Waals surface area contributed by atoms with Crippen molar-refractivity contribution in [3.05, 3.63) is 22.9 Å². The van der Waals surface area contributed by atoms with Gasteiger partial charge in [0.15, 0.2) is 0 Å². The average molecular weight is 415 g/mol. The van der Waals surface area contributed by atoms with Crippen molar-refractivity contribution in [2.45, 2.75) is 76.8 Å². The highest BCUT2D eigenvalue weighted by Crippen LogP contribution is 2.31. The molecule has 0 aromatic carbocycles. The van der Waals surface area contributed by atoms with Gasteiger partial charge in [-0.15, -0.1) is 0 Å². The van der Waals surface area contributed by atoms with Gasteiger partial charge in [-0.3, -0.25) is 5.41 Å². The molecule has 1 saturated heterocycles. The highest BCUT2D eigenvalue weighted by atomic mass is 16.3. The van der Waals surface area contributed by atoms with Gasteiger partial charge in [-0.05, 0) is 57.1 Å². The second-order valence-electron chi connectivity index (χ2n) is 9.15. The molecule has 1 aromatic heterocycles. The first-order valence-corrected chi connectivity index (χ1v) is 11.6. The maximum atomic E-state index is 10.1. The molecule has 4 rings (SSSR count). The highest BCUT2D eigenvalue weighted by Gasteiger charge is 2.34. The van der Waals surface area contributed by atoms with Crippen LogP contribution < -0.4 is 10.2 Å². The van der Waals surface area contributed by atoms with E-state index in [1.165, 1.54) is 37.7 Å². The van der Waals surface area contributed by atoms with Crippen LogP contribution >= 0.6 is 0 Å². The fourth-order valence-corrected chi connectivity index (χ4v) is 5.31. The van der Waals surface area contributed by atoms with Crippen LogP contribution in [0.1, 0.15) is 68.7 Å². The van der Waals surface area contributed by atoms with Gasteiger partial charge in [-0.2, -0.15) is 4.99 Å². The molecule has 0 bridgehead atoms. The predicted octanol–water partition coefficient (Wildman–Crippen LogP) is 2.15. The number of aromatic nitrogens is 1. The summed E-state index contributed by atoms with van der Waals surface area (Å²) in [5.74, 6) is 1.21. The summed E-state index contributed by atoms with van der Waals surface area (Å²) in [5.41, 5.74) is 3.07. The lowest BCUT2D eigenvalue weighted by Gasteiger charge is -2.41. The summed E-state index contributed by atoms with van der Waals surface area (Å²) < 4.78 is 0. The molecule has 2 heterocycles. The zero-order valence-corrected chi connectivity index (χ0v) is 18.1. The number of piperidine rings is 1. The number of fused-ring (bicyclic) bond motifs is 1.